The quantitative estimate of drug-likeness (QED) is 0.0416. The van der Waals surface area contributed by atoms with Crippen LogP contribution in [0.25, 0.3) is 11.2 Å². The molecule has 1 saturated heterocycles. The smallest absolute Gasteiger partial charge is 0.756 e. The fourth-order valence-corrected chi connectivity index (χ4v) is 6.97. The largest absolute Gasteiger partial charge is 1.00 e. The molecule has 3 rings (SSSR count). The van der Waals surface area contributed by atoms with Gasteiger partial charge in [0.1, 0.15) is 36.3 Å². The monoisotopic (exact) mass is 833 g/mol. The van der Waals surface area contributed by atoms with Crippen molar-refractivity contribution in [2.45, 2.75) is 50.9 Å². The molecule has 272 valence electrons. The summed E-state index contributed by atoms with van der Waals surface area (Å²) in [6.45, 7) is 0.374. The first kappa shape index (κ1) is 51.9. The zero-order chi connectivity index (χ0) is 36.1. The number of anilines is 1. The number of thiol groups is 1. The number of hydrogen-bond donors (Lipinski definition) is 7. The minimum Gasteiger partial charge on any atom is -0.756 e. The molecule has 3 unspecified atom stereocenters. The molecule has 2 aromatic rings. The Bertz CT molecular complexity index is 1610. The fourth-order valence-electron chi connectivity index (χ4n) is 4.12. The van der Waals surface area contributed by atoms with Crippen molar-refractivity contribution in [2.24, 2.45) is 5.41 Å². The number of nitrogens with two attached hydrogens (primary N) is 1. The Morgan fingerprint density at radius 3 is 2.33 bits per heavy atom. The summed E-state index contributed by atoms with van der Waals surface area (Å²) in [5, 5.41) is 26.0. The molecule has 0 aromatic carbocycles. The summed E-state index contributed by atoms with van der Waals surface area (Å²) in [6, 6.07) is 0. The number of imidazole rings is 1. The minimum atomic E-state index is -5.87. The van der Waals surface area contributed by atoms with Crippen molar-refractivity contribution >= 4 is 64.9 Å². The number of carbonyl (C=O) groups is 2. The first-order valence-corrected chi connectivity index (χ1v) is 18.7. The normalized spacial score (nSPS) is 22.9. The van der Waals surface area contributed by atoms with E-state index in [0.29, 0.717) is 12.3 Å². The summed E-state index contributed by atoms with van der Waals surface area (Å²) in [7, 11) is -17.2. The molecule has 3 heterocycles. The number of rotatable bonds is 18. The Balaban J connectivity index is 0.00000833. The molecule has 2 aromatic heterocycles. The van der Waals surface area contributed by atoms with Gasteiger partial charge in [0.15, 0.2) is 17.7 Å². The molecule has 7 N–H and O–H groups in total. The van der Waals surface area contributed by atoms with Crippen LogP contribution in [0.1, 0.15) is 26.5 Å². The van der Waals surface area contributed by atoms with Gasteiger partial charge in [0.25, 0.3) is 23.5 Å². The zero-order valence-corrected chi connectivity index (χ0v) is 37.7. The summed E-state index contributed by atoms with van der Waals surface area (Å²) in [5.74, 6) is -1.03. The second-order valence-corrected chi connectivity index (χ2v) is 15.3. The molecule has 23 nitrogen and oxygen atoms in total. The standard InChI is InChI=1S/C21H36N7O16P3S.3Na/c1-21(2,16(31)19(32)24-4-3-12(29)23-5-6-48)8-41-47(38,39)44-46(36,37)40-7-11-15(43-45(33,34)35)14(30)20(42-11)28-10-27-13-17(22)25-9-26-18(13)28;;;/h9-11,14-16,20,30-31,48H,3-8H2,1-2H3,(H,23,29)(H,24,32)(H,36,37)(H,38,39)(H2,22,25,26)(H2,33,34,35);;;/q;3*+1/p-3/t11-,14-,15-,16+,20-;;;/m1.../s1. The number of ether oxygens (including phenoxy) is 1. The number of hydrogen-bond acceptors (Lipinski definition) is 20. The van der Waals surface area contributed by atoms with Crippen molar-refractivity contribution in [3.8, 4) is 0 Å². The number of aromatic nitrogens is 4. The number of nitrogens with one attached hydrogen (secondary N) is 2. The van der Waals surface area contributed by atoms with Crippen LogP contribution in [0.15, 0.2) is 12.7 Å². The van der Waals surface area contributed by atoms with Gasteiger partial charge in [0, 0.05) is 30.7 Å². The van der Waals surface area contributed by atoms with Gasteiger partial charge in [0.2, 0.25) is 11.8 Å². The summed E-state index contributed by atoms with van der Waals surface area (Å²) in [6.07, 6.45) is -7.21. The Kier molecular flexibility index (Phi) is 22.4. The molecule has 0 radical (unpaired) electrons. The summed E-state index contributed by atoms with van der Waals surface area (Å²) in [5.41, 5.74) is 4.15. The molecule has 0 saturated carbocycles. The Morgan fingerprint density at radius 1 is 1.10 bits per heavy atom. The third-order valence-corrected chi connectivity index (χ3v) is 9.74. The van der Waals surface area contributed by atoms with Gasteiger partial charge in [-0.1, -0.05) is 13.8 Å². The number of fused-ring (bicyclic) bond motifs is 1. The van der Waals surface area contributed by atoms with Gasteiger partial charge < -0.3 is 64.5 Å². The van der Waals surface area contributed by atoms with Gasteiger partial charge in [-0.2, -0.15) is 12.6 Å². The van der Waals surface area contributed by atoms with Crippen LogP contribution in [0.4, 0.5) is 5.82 Å². The van der Waals surface area contributed by atoms with Crippen LogP contribution in [0.2, 0.25) is 0 Å². The maximum Gasteiger partial charge on any atom is 1.00 e. The molecule has 1 fully saturated rings. The van der Waals surface area contributed by atoms with Crippen molar-refractivity contribution in [2.75, 3.05) is 37.8 Å². The van der Waals surface area contributed by atoms with Crippen LogP contribution in [-0.2, 0) is 45.9 Å². The number of phosphoric ester groups is 3. The van der Waals surface area contributed by atoms with E-state index < -0.39 is 78.6 Å². The number of nitrogens with zero attached hydrogens (tertiary/aromatic N) is 4. The van der Waals surface area contributed by atoms with Crippen molar-refractivity contribution in [3.05, 3.63) is 12.7 Å². The predicted octanol–water partition coefficient (Wildman–Crippen LogP) is -12.5. The van der Waals surface area contributed by atoms with E-state index in [1.165, 1.54) is 13.8 Å². The summed E-state index contributed by atoms with van der Waals surface area (Å²) >= 11 is 3.94. The number of amides is 2. The molecule has 0 bridgehead atoms. The van der Waals surface area contributed by atoms with Crippen molar-refractivity contribution in [3.63, 3.8) is 0 Å². The maximum absolute atomic E-state index is 12.4. The van der Waals surface area contributed by atoms with Crippen LogP contribution in [0.3, 0.4) is 0 Å². The van der Waals surface area contributed by atoms with Crippen molar-refractivity contribution < 1.29 is 164 Å². The number of aliphatic hydroxyl groups is 2. The topological polar surface area (TPSA) is 355 Å². The molecule has 2 amide bonds. The second-order valence-electron chi connectivity index (χ2n) is 10.7. The van der Waals surface area contributed by atoms with E-state index in [4.69, 9.17) is 10.5 Å². The first-order valence-electron chi connectivity index (χ1n) is 13.6. The average Bonchev–Trinajstić information content (AvgIpc) is 3.54. The molecular formula is C21H33N7Na3O16P3S. The van der Waals surface area contributed by atoms with Crippen molar-refractivity contribution in [1.82, 2.24) is 30.2 Å². The van der Waals surface area contributed by atoms with Crippen molar-refractivity contribution in [1.29, 1.82) is 0 Å². The zero-order valence-electron chi connectivity index (χ0n) is 28.1. The predicted molar refractivity (Wildman–Crippen MR) is 157 cm³/mol. The van der Waals surface area contributed by atoms with Gasteiger partial charge in [-0.25, -0.2) is 19.3 Å². The molecule has 8 atom stereocenters. The maximum atomic E-state index is 12.4. The van der Waals surface area contributed by atoms with Gasteiger partial charge >= 0.3 is 88.7 Å². The second kappa shape index (κ2) is 22.0. The van der Waals surface area contributed by atoms with Crippen LogP contribution >= 0.6 is 36.1 Å². The molecule has 30 heteroatoms. The number of aliphatic hydroxyl groups excluding tert-OH is 2. The molecule has 1 aliphatic rings. The van der Waals surface area contributed by atoms with Crippen LogP contribution in [-0.4, -0.2) is 103 Å². The van der Waals surface area contributed by atoms with E-state index >= 15 is 0 Å². The Morgan fingerprint density at radius 2 is 1.73 bits per heavy atom. The Labute approximate surface area is 362 Å². The molecule has 1 aliphatic heterocycles. The van der Waals surface area contributed by atoms with E-state index in [9.17, 15) is 53.1 Å². The third-order valence-electron chi connectivity index (χ3n) is 6.49. The summed E-state index contributed by atoms with van der Waals surface area (Å²) in [4.78, 5) is 81.0. The number of nitrogen functional groups attached to an aromatic ring is 1. The average molecular weight is 833 g/mol. The third kappa shape index (κ3) is 15.7. The molecular weight excluding hydrogens is 800 g/mol. The van der Waals surface area contributed by atoms with E-state index in [2.05, 4.69) is 56.1 Å². The van der Waals surface area contributed by atoms with Gasteiger partial charge in [-0.15, -0.1) is 0 Å². The Hall–Kier alpha value is 0.890. The first-order chi connectivity index (χ1) is 22.2. The van der Waals surface area contributed by atoms with E-state index in [0.717, 1.165) is 17.2 Å². The molecule has 0 aliphatic carbocycles. The van der Waals surface area contributed by atoms with E-state index in [-0.39, 0.29) is 125 Å². The SMILES string of the molecule is CC(C)(COP(=O)([O-])OP(=O)([O-])OC[C@H]1O[C@@H](n2cnc3c(N)ncnc32)[C@H](O)[C@@H]1OP(=O)([O-])O)[C@@H](O)C(=O)NCCC(=O)NCCS.[Na+].[Na+].[Na+]. The fraction of sp³-hybridized carbons (Fsp3) is 0.667. The van der Waals surface area contributed by atoms with Gasteiger partial charge in [-0.3, -0.25) is 27.9 Å². The van der Waals surface area contributed by atoms with Crippen LogP contribution < -0.4 is 120 Å². The summed E-state index contributed by atoms with van der Waals surface area (Å²) < 4.78 is 60.4. The molecule has 51 heavy (non-hydrogen) atoms. The van der Waals surface area contributed by atoms with Crippen LogP contribution in [0.5, 0.6) is 0 Å². The molecule has 0 spiro atoms. The van der Waals surface area contributed by atoms with Gasteiger partial charge in [-0.05, 0) is 0 Å². The number of phosphoric acid groups is 3. The number of carbonyl (C=O) groups excluding carboxylic acids is 2. The van der Waals surface area contributed by atoms with Gasteiger partial charge in [0.05, 0.1) is 19.5 Å². The van der Waals surface area contributed by atoms with Crippen LogP contribution in [0, 0.1) is 5.41 Å². The van der Waals surface area contributed by atoms with E-state index in [1.54, 1.807) is 0 Å². The minimum absolute atomic E-state index is 0. The van der Waals surface area contributed by atoms with E-state index in [1.807, 2.05) is 0 Å².